The third kappa shape index (κ3) is 6.33. The molecule has 2 N–H and O–H groups in total. The van der Waals surface area contributed by atoms with Gasteiger partial charge in [-0.2, -0.15) is 0 Å². The van der Waals surface area contributed by atoms with Crippen LogP contribution in [0.15, 0.2) is 48.5 Å². The maximum absolute atomic E-state index is 12.2. The lowest BCUT2D eigenvalue weighted by Gasteiger charge is -2.25. The minimum Gasteiger partial charge on any atom is -0.379 e. The van der Waals surface area contributed by atoms with Crippen molar-refractivity contribution >= 4 is 44.7 Å². The molecule has 4 rings (SSSR count). The van der Waals surface area contributed by atoms with Gasteiger partial charge in [0.05, 0.1) is 35.0 Å². The van der Waals surface area contributed by atoms with E-state index in [1.165, 1.54) is 4.70 Å². The smallest absolute Gasteiger partial charge is 0.238 e. The van der Waals surface area contributed by atoms with E-state index >= 15 is 0 Å². The van der Waals surface area contributed by atoms with E-state index in [9.17, 15) is 9.59 Å². The molecule has 0 unspecified atom stereocenters. The first kappa shape index (κ1) is 21.4. The number of hydrogen-bond acceptors (Lipinski definition) is 6. The lowest BCUT2D eigenvalue weighted by atomic mass is 10.2. The minimum atomic E-state index is -0.0477. The molecule has 1 aliphatic rings. The molecule has 162 valence electrons. The average Bonchev–Trinajstić information content (AvgIpc) is 3.18. The lowest BCUT2D eigenvalue weighted by molar-refractivity contribution is -0.118. The first-order chi connectivity index (χ1) is 15.2. The van der Waals surface area contributed by atoms with Crippen molar-refractivity contribution in [1.29, 1.82) is 0 Å². The van der Waals surface area contributed by atoms with Gasteiger partial charge in [0.1, 0.15) is 0 Å². The standard InChI is InChI=1S/C23H26N4O3S/c28-21(6-3-7-23-26-19-4-1-2-5-20(19)31-23)24-17-8-10-18(11-9-17)25-22(29)16-27-12-14-30-15-13-27/h1-2,4-5,8-11H,3,6-7,12-16H2,(H,24,28)(H,25,29). The van der Waals surface area contributed by atoms with Crippen LogP contribution in [-0.2, 0) is 20.7 Å². The van der Waals surface area contributed by atoms with Crippen molar-refractivity contribution in [3.05, 3.63) is 53.5 Å². The largest absolute Gasteiger partial charge is 0.379 e. The molecule has 7 nitrogen and oxygen atoms in total. The molecular formula is C23H26N4O3S. The predicted octanol–water partition coefficient (Wildman–Crippen LogP) is 3.53. The molecule has 2 aromatic carbocycles. The van der Waals surface area contributed by atoms with Gasteiger partial charge in [-0.05, 0) is 49.2 Å². The van der Waals surface area contributed by atoms with E-state index in [1.54, 1.807) is 35.6 Å². The summed E-state index contributed by atoms with van der Waals surface area (Å²) >= 11 is 1.68. The monoisotopic (exact) mass is 438 g/mol. The Morgan fingerprint density at radius 2 is 1.65 bits per heavy atom. The molecule has 0 atom stereocenters. The van der Waals surface area contributed by atoms with Gasteiger partial charge in [-0.15, -0.1) is 11.3 Å². The number of morpholine rings is 1. The summed E-state index contributed by atoms with van der Waals surface area (Å²) in [5.74, 6) is -0.0706. The number of thiazole rings is 1. The van der Waals surface area contributed by atoms with Crippen molar-refractivity contribution in [2.75, 3.05) is 43.5 Å². The molecular weight excluding hydrogens is 412 g/mol. The lowest BCUT2D eigenvalue weighted by Crippen LogP contribution is -2.41. The molecule has 0 aliphatic carbocycles. The van der Waals surface area contributed by atoms with Crippen molar-refractivity contribution in [2.24, 2.45) is 0 Å². The molecule has 0 spiro atoms. The van der Waals surface area contributed by atoms with E-state index in [0.29, 0.717) is 31.9 Å². The van der Waals surface area contributed by atoms with E-state index in [0.717, 1.165) is 42.1 Å². The van der Waals surface area contributed by atoms with E-state index in [1.807, 2.05) is 18.2 Å². The highest BCUT2D eigenvalue weighted by atomic mass is 32.1. The molecule has 0 radical (unpaired) electrons. The Balaban J connectivity index is 1.19. The van der Waals surface area contributed by atoms with E-state index in [4.69, 9.17) is 4.74 Å². The highest BCUT2D eigenvalue weighted by Gasteiger charge is 2.14. The number of hydrogen-bond donors (Lipinski definition) is 2. The van der Waals surface area contributed by atoms with Crippen LogP contribution in [0.4, 0.5) is 11.4 Å². The predicted molar refractivity (Wildman–Crippen MR) is 124 cm³/mol. The van der Waals surface area contributed by atoms with Crippen LogP contribution in [-0.4, -0.2) is 54.5 Å². The number of rotatable bonds is 8. The van der Waals surface area contributed by atoms with Crippen LogP contribution in [0, 0.1) is 0 Å². The molecule has 8 heteroatoms. The van der Waals surface area contributed by atoms with Crippen molar-refractivity contribution < 1.29 is 14.3 Å². The highest BCUT2D eigenvalue weighted by molar-refractivity contribution is 7.18. The van der Waals surface area contributed by atoms with Crippen molar-refractivity contribution in [3.63, 3.8) is 0 Å². The summed E-state index contributed by atoms with van der Waals surface area (Å²) in [5, 5.41) is 6.86. The van der Waals surface area contributed by atoms with Crippen molar-refractivity contribution in [1.82, 2.24) is 9.88 Å². The molecule has 2 heterocycles. The van der Waals surface area contributed by atoms with Crippen LogP contribution in [0.25, 0.3) is 10.2 Å². The second kappa shape index (κ2) is 10.5. The van der Waals surface area contributed by atoms with Crippen molar-refractivity contribution in [3.8, 4) is 0 Å². The van der Waals surface area contributed by atoms with Gasteiger partial charge in [0, 0.05) is 30.9 Å². The molecule has 3 aromatic rings. The maximum atomic E-state index is 12.2. The average molecular weight is 439 g/mol. The Bertz CT molecular complexity index is 996. The van der Waals surface area contributed by atoms with E-state index in [-0.39, 0.29) is 11.8 Å². The molecule has 1 saturated heterocycles. The summed E-state index contributed by atoms with van der Waals surface area (Å²) in [6, 6.07) is 15.3. The number of carbonyl (C=O) groups excluding carboxylic acids is 2. The highest BCUT2D eigenvalue weighted by Crippen LogP contribution is 2.23. The first-order valence-corrected chi connectivity index (χ1v) is 11.3. The Hall–Kier alpha value is -2.81. The number of benzene rings is 2. The number of nitrogens with zero attached hydrogens (tertiary/aromatic N) is 2. The van der Waals surface area contributed by atoms with Gasteiger partial charge in [0.25, 0.3) is 0 Å². The molecule has 1 aliphatic heterocycles. The Kier molecular flexibility index (Phi) is 7.24. The van der Waals surface area contributed by atoms with Crippen LogP contribution >= 0.6 is 11.3 Å². The van der Waals surface area contributed by atoms with E-state index in [2.05, 4.69) is 26.6 Å². The normalized spacial score (nSPS) is 14.5. The summed E-state index contributed by atoms with van der Waals surface area (Å²) in [6.07, 6.45) is 1.98. The number of amides is 2. The summed E-state index contributed by atoms with van der Waals surface area (Å²) in [6.45, 7) is 3.25. The second-order valence-corrected chi connectivity index (χ2v) is 8.61. The SMILES string of the molecule is O=C(CCCc1nc2ccccc2s1)Nc1ccc(NC(=O)CN2CCOCC2)cc1. The van der Waals surface area contributed by atoms with Gasteiger partial charge in [-0.25, -0.2) is 4.98 Å². The van der Waals surface area contributed by atoms with Gasteiger partial charge in [-0.1, -0.05) is 12.1 Å². The van der Waals surface area contributed by atoms with E-state index < -0.39 is 0 Å². The van der Waals surface area contributed by atoms with Crippen LogP contribution in [0.5, 0.6) is 0 Å². The number of aromatic nitrogens is 1. The maximum Gasteiger partial charge on any atom is 0.238 e. The van der Waals surface area contributed by atoms with Crippen LogP contribution in [0.1, 0.15) is 17.8 Å². The van der Waals surface area contributed by atoms with Crippen molar-refractivity contribution in [2.45, 2.75) is 19.3 Å². The number of fused-ring (bicyclic) bond motifs is 1. The molecule has 1 aromatic heterocycles. The van der Waals surface area contributed by atoms with Crippen LogP contribution in [0.2, 0.25) is 0 Å². The first-order valence-electron chi connectivity index (χ1n) is 10.5. The quantitative estimate of drug-likeness (QED) is 0.562. The van der Waals surface area contributed by atoms with Gasteiger partial charge in [0.15, 0.2) is 0 Å². The zero-order valence-electron chi connectivity index (χ0n) is 17.3. The zero-order valence-corrected chi connectivity index (χ0v) is 18.1. The number of nitrogens with one attached hydrogen (secondary N) is 2. The fourth-order valence-electron chi connectivity index (χ4n) is 3.45. The molecule has 0 bridgehead atoms. The second-order valence-electron chi connectivity index (χ2n) is 7.49. The number of carbonyl (C=O) groups is 2. The van der Waals surface area contributed by atoms with Gasteiger partial charge < -0.3 is 15.4 Å². The number of anilines is 2. The number of ether oxygens (including phenoxy) is 1. The molecule has 1 fully saturated rings. The topological polar surface area (TPSA) is 83.6 Å². The number of aryl methyl sites for hydroxylation is 1. The number of para-hydroxylation sites is 1. The van der Waals surface area contributed by atoms with Crippen LogP contribution < -0.4 is 10.6 Å². The van der Waals surface area contributed by atoms with Crippen LogP contribution in [0.3, 0.4) is 0 Å². The zero-order chi connectivity index (χ0) is 21.5. The van der Waals surface area contributed by atoms with Gasteiger partial charge in [0.2, 0.25) is 11.8 Å². The van der Waals surface area contributed by atoms with Gasteiger partial charge >= 0.3 is 0 Å². The molecule has 2 amide bonds. The summed E-state index contributed by atoms with van der Waals surface area (Å²) in [5.41, 5.74) is 2.45. The fraction of sp³-hybridized carbons (Fsp3) is 0.348. The molecule has 0 saturated carbocycles. The Morgan fingerprint density at radius 1 is 0.968 bits per heavy atom. The fourth-order valence-corrected chi connectivity index (χ4v) is 4.46. The minimum absolute atomic E-state index is 0.0229. The third-order valence-electron chi connectivity index (χ3n) is 5.06. The Labute approximate surface area is 185 Å². The molecule has 31 heavy (non-hydrogen) atoms. The third-order valence-corrected chi connectivity index (χ3v) is 6.15. The van der Waals surface area contributed by atoms with Gasteiger partial charge in [-0.3, -0.25) is 14.5 Å². The Morgan fingerprint density at radius 3 is 2.35 bits per heavy atom. The summed E-state index contributed by atoms with van der Waals surface area (Å²) in [7, 11) is 0. The summed E-state index contributed by atoms with van der Waals surface area (Å²) < 4.78 is 6.47. The summed E-state index contributed by atoms with van der Waals surface area (Å²) in [4.78, 5) is 31.1.